The van der Waals surface area contributed by atoms with Crippen LogP contribution in [0.25, 0.3) is 10.9 Å². The minimum absolute atomic E-state index is 0.00712. The average molecular weight is 472 g/mol. The first-order chi connectivity index (χ1) is 15.3. The fourth-order valence-corrected chi connectivity index (χ4v) is 5.07. The molecule has 7 nitrogen and oxygen atoms in total. The largest absolute Gasteiger partial charge is 0.475 e. The highest BCUT2D eigenvalue weighted by Crippen LogP contribution is 2.31. The highest BCUT2D eigenvalue weighted by molar-refractivity contribution is 7.10. The summed E-state index contributed by atoms with van der Waals surface area (Å²) >= 11 is 7.19. The van der Waals surface area contributed by atoms with Gasteiger partial charge in [0.2, 0.25) is 0 Å². The molecule has 3 aromatic rings. The van der Waals surface area contributed by atoms with Gasteiger partial charge < -0.3 is 10.0 Å². The van der Waals surface area contributed by atoms with Crippen LogP contribution in [0.1, 0.15) is 39.4 Å². The zero-order valence-electron chi connectivity index (χ0n) is 17.6. The Bertz CT molecular complexity index is 1200. The highest BCUT2D eigenvalue weighted by atomic mass is 35.5. The number of carboxylic acids is 1. The van der Waals surface area contributed by atoms with Gasteiger partial charge in [0.1, 0.15) is 4.88 Å². The van der Waals surface area contributed by atoms with Crippen molar-refractivity contribution in [2.75, 3.05) is 13.1 Å². The molecule has 2 aromatic carbocycles. The number of amides is 1. The van der Waals surface area contributed by atoms with Gasteiger partial charge in [0.15, 0.2) is 0 Å². The number of carbonyl (C=O) groups is 3. The Morgan fingerprint density at radius 1 is 1.12 bits per heavy atom. The molecule has 4 rings (SSSR count). The standard InChI is InChI=1S/C23H22ClN3O4S/c1-13-11-27(14(2)10-26(13)12-15-6-4-3-5-7-15)22(29)16-8-17-19(9-18(16)24)25-32-21(17)20(28)23(30)31/h3-9,13-14H,10-12H2,1-2H3,(H,30,31)/t13-,14+/m0/s1. The second-order valence-corrected chi connectivity index (χ2v) is 9.25. The first kappa shape index (κ1) is 22.4. The molecule has 32 heavy (non-hydrogen) atoms. The zero-order chi connectivity index (χ0) is 23.0. The van der Waals surface area contributed by atoms with Crippen LogP contribution in [0.3, 0.4) is 0 Å². The number of piperazine rings is 1. The third-order valence-electron chi connectivity index (χ3n) is 5.80. The number of carboxylic acid groups (broad SMARTS) is 1. The molecule has 1 aliphatic rings. The molecule has 0 unspecified atom stereocenters. The van der Waals surface area contributed by atoms with Crippen molar-refractivity contribution in [3.8, 4) is 0 Å². The summed E-state index contributed by atoms with van der Waals surface area (Å²) in [5.74, 6) is -2.85. The Morgan fingerprint density at radius 3 is 2.53 bits per heavy atom. The van der Waals surface area contributed by atoms with Crippen molar-refractivity contribution in [2.45, 2.75) is 32.5 Å². The zero-order valence-corrected chi connectivity index (χ0v) is 19.2. The summed E-state index contributed by atoms with van der Waals surface area (Å²) in [5.41, 5.74) is 1.87. The van der Waals surface area contributed by atoms with Crippen molar-refractivity contribution in [3.63, 3.8) is 0 Å². The Hall–Kier alpha value is -2.81. The molecular weight excluding hydrogens is 450 g/mol. The number of hydrogen-bond donors (Lipinski definition) is 1. The molecule has 0 spiro atoms. The molecule has 1 fully saturated rings. The molecule has 1 aromatic heterocycles. The lowest BCUT2D eigenvalue weighted by molar-refractivity contribution is -0.131. The van der Waals surface area contributed by atoms with E-state index in [9.17, 15) is 14.4 Å². The van der Waals surface area contributed by atoms with Gasteiger partial charge in [-0.25, -0.2) is 4.79 Å². The number of fused-ring (bicyclic) bond motifs is 1. The average Bonchev–Trinajstić information content (AvgIpc) is 3.17. The molecule has 1 N–H and O–H groups in total. The van der Waals surface area contributed by atoms with Crippen LogP contribution < -0.4 is 0 Å². The van der Waals surface area contributed by atoms with Crippen LogP contribution in [0.2, 0.25) is 5.02 Å². The Kier molecular flexibility index (Phi) is 6.28. The van der Waals surface area contributed by atoms with Crippen LogP contribution in [-0.4, -0.2) is 62.1 Å². The van der Waals surface area contributed by atoms with Crippen molar-refractivity contribution in [1.29, 1.82) is 0 Å². The second kappa shape index (κ2) is 8.97. The smallest absolute Gasteiger partial charge is 0.378 e. The Labute approximate surface area is 194 Å². The molecule has 0 radical (unpaired) electrons. The van der Waals surface area contributed by atoms with E-state index < -0.39 is 11.8 Å². The maximum atomic E-state index is 13.4. The molecule has 0 saturated carbocycles. The molecule has 2 atom stereocenters. The Morgan fingerprint density at radius 2 is 1.84 bits per heavy atom. The van der Waals surface area contributed by atoms with Gasteiger partial charge >= 0.3 is 5.97 Å². The highest BCUT2D eigenvalue weighted by Gasteiger charge is 2.33. The number of Topliss-reactive ketones (excluding diaryl/α,β-unsaturated/α-hetero) is 1. The van der Waals surface area contributed by atoms with Gasteiger partial charge in [-0.05, 0) is 43.1 Å². The fourth-order valence-electron chi connectivity index (χ4n) is 4.06. The number of nitrogens with zero attached hydrogens (tertiary/aromatic N) is 3. The van der Waals surface area contributed by atoms with E-state index >= 15 is 0 Å². The summed E-state index contributed by atoms with van der Waals surface area (Å²) in [6.07, 6.45) is 0. The lowest BCUT2D eigenvalue weighted by atomic mass is 10.0. The first-order valence-electron chi connectivity index (χ1n) is 10.2. The van der Waals surface area contributed by atoms with E-state index in [2.05, 4.69) is 28.3 Å². The van der Waals surface area contributed by atoms with Gasteiger partial charge in [-0.3, -0.25) is 14.5 Å². The van der Waals surface area contributed by atoms with Gasteiger partial charge in [-0.1, -0.05) is 41.9 Å². The summed E-state index contributed by atoms with van der Waals surface area (Å²) in [6.45, 7) is 6.14. The van der Waals surface area contributed by atoms with Crippen molar-refractivity contribution >= 4 is 51.7 Å². The second-order valence-electron chi connectivity index (χ2n) is 8.07. The lowest BCUT2D eigenvalue weighted by Gasteiger charge is -2.44. The van der Waals surface area contributed by atoms with E-state index in [1.165, 1.54) is 17.7 Å². The predicted octanol–water partition coefficient (Wildman–Crippen LogP) is 3.95. The van der Waals surface area contributed by atoms with Gasteiger partial charge in [-0.2, -0.15) is 4.37 Å². The van der Waals surface area contributed by atoms with E-state index in [4.69, 9.17) is 16.7 Å². The molecule has 2 heterocycles. The summed E-state index contributed by atoms with van der Waals surface area (Å²) in [6, 6.07) is 13.3. The van der Waals surface area contributed by atoms with Crippen molar-refractivity contribution < 1.29 is 19.5 Å². The number of rotatable bonds is 5. The third kappa shape index (κ3) is 4.26. The van der Waals surface area contributed by atoms with Crippen molar-refractivity contribution in [2.24, 2.45) is 0 Å². The van der Waals surface area contributed by atoms with Crippen LogP contribution >= 0.6 is 23.1 Å². The van der Waals surface area contributed by atoms with Crippen LogP contribution in [0.4, 0.5) is 0 Å². The minimum atomic E-state index is -1.56. The van der Waals surface area contributed by atoms with E-state index in [1.54, 1.807) is 4.90 Å². The molecule has 9 heteroatoms. The molecule has 166 valence electrons. The molecule has 1 saturated heterocycles. The summed E-state index contributed by atoms with van der Waals surface area (Å²) in [7, 11) is 0. The van der Waals surface area contributed by atoms with Gasteiger partial charge in [0.05, 0.1) is 16.1 Å². The maximum Gasteiger partial charge on any atom is 0.378 e. The number of benzene rings is 2. The number of ketones is 1. The Balaban J connectivity index is 1.59. The fraction of sp³-hybridized carbons (Fsp3) is 0.304. The monoisotopic (exact) mass is 471 g/mol. The topological polar surface area (TPSA) is 90.8 Å². The number of halogens is 1. The lowest BCUT2D eigenvalue weighted by Crippen LogP contribution is -2.57. The predicted molar refractivity (Wildman–Crippen MR) is 123 cm³/mol. The molecule has 1 amide bonds. The van der Waals surface area contributed by atoms with Crippen molar-refractivity contribution in [3.05, 3.63) is 63.5 Å². The van der Waals surface area contributed by atoms with Gasteiger partial charge in [0, 0.05) is 37.1 Å². The van der Waals surface area contributed by atoms with Crippen LogP contribution in [0.15, 0.2) is 42.5 Å². The molecule has 0 aliphatic carbocycles. The van der Waals surface area contributed by atoms with Gasteiger partial charge in [-0.15, -0.1) is 0 Å². The van der Waals surface area contributed by atoms with E-state index in [0.29, 0.717) is 24.0 Å². The summed E-state index contributed by atoms with van der Waals surface area (Å²) in [4.78, 5) is 40.7. The van der Waals surface area contributed by atoms with Crippen molar-refractivity contribution in [1.82, 2.24) is 14.2 Å². The van der Waals surface area contributed by atoms with Crippen LogP contribution in [0, 0.1) is 0 Å². The van der Waals surface area contributed by atoms with E-state index in [1.807, 2.05) is 25.1 Å². The minimum Gasteiger partial charge on any atom is -0.475 e. The summed E-state index contributed by atoms with van der Waals surface area (Å²) < 4.78 is 4.11. The summed E-state index contributed by atoms with van der Waals surface area (Å²) in [5, 5.41) is 9.63. The maximum absolute atomic E-state index is 13.4. The number of carbonyl (C=O) groups excluding carboxylic acids is 2. The van der Waals surface area contributed by atoms with E-state index in [0.717, 1.165) is 18.1 Å². The number of aliphatic carboxylic acids is 1. The SMILES string of the molecule is C[C@@H]1CN(Cc2ccccc2)[C@@H](C)CN1C(=O)c1cc2c(C(=O)C(=O)O)snc2cc1Cl. The first-order valence-corrected chi connectivity index (χ1v) is 11.4. The third-order valence-corrected chi connectivity index (χ3v) is 6.99. The normalized spacial score (nSPS) is 19.3. The van der Waals surface area contributed by atoms with Gasteiger partial charge in [0.25, 0.3) is 11.7 Å². The molecule has 0 bridgehead atoms. The van der Waals surface area contributed by atoms with Crippen LogP contribution in [0.5, 0.6) is 0 Å². The van der Waals surface area contributed by atoms with Crippen LogP contribution in [-0.2, 0) is 11.3 Å². The molecule has 1 aliphatic heterocycles. The molecular formula is C23H22ClN3O4S. The number of hydrogen-bond acceptors (Lipinski definition) is 6. The van der Waals surface area contributed by atoms with E-state index in [-0.39, 0.29) is 33.5 Å². The quantitative estimate of drug-likeness (QED) is 0.447. The number of aromatic nitrogens is 1.